The molecule has 6 heteroatoms. The van der Waals surface area contributed by atoms with Crippen LogP contribution in [0.15, 0.2) is 84.9 Å². The molecule has 0 aliphatic heterocycles. The minimum absolute atomic E-state index is 0.131. The largest absolute Gasteiger partial charge is 0.366 e. The van der Waals surface area contributed by atoms with E-state index in [-0.39, 0.29) is 11.3 Å². The van der Waals surface area contributed by atoms with Crippen LogP contribution < -0.4 is 16.4 Å². The molecule has 0 spiro atoms. The van der Waals surface area contributed by atoms with Crippen molar-refractivity contribution in [1.82, 2.24) is 5.32 Å². The zero-order valence-corrected chi connectivity index (χ0v) is 15.0. The Kier molecular flexibility index (Phi) is 5.81. The number of amides is 3. The molecule has 0 aromatic heterocycles. The lowest BCUT2D eigenvalue weighted by Crippen LogP contribution is -2.38. The van der Waals surface area contributed by atoms with E-state index in [4.69, 9.17) is 5.73 Å². The molecule has 0 heterocycles. The van der Waals surface area contributed by atoms with Crippen molar-refractivity contribution in [2.75, 3.05) is 5.32 Å². The van der Waals surface area contributed by atoms with Gasteiger partial charge in [0.15, 0.2) is 0 Å². The number of para-hydroxylation sites is 1. The number of hydrogen-bond donors (Lipinski definition) is 3. The number of anilines is 1. The van der Waals surface area contributed by atoms with Gasteiger partial charge in [-0.1, -0.05) is 72.8 Å². The van der Waals surface area contributed by atoms with Gasteiger partial charge in [-0.15, -0.1) is 0 Å². The van der Waals surface area contributed by atoms with Crippen LogP contribution in [0, 0.1) is 0 Å². The van der Waals surface area contributed by atoms with Crippen molar-refractivity contribution in [2.24, 2.45) is 5.73 Å². The van der Waals surface area contributed by atoms with Crippen molar-refractivity contribution >= 4 is 23.4 Å². The van der Waals surface area contributed by atoms with Gasteiger partial charge in [0, 0.05) is 0 Å². The van der Waals surface area contributed by atoms with E-state index in [0.29, 0.717) is 0 Å². The van der Waals surface area contributed by atoms with Crippen LogP contribution in [0.3, 0.4) is 0 Å². The second kappa shape index (κ2) is 8.64. The lowest BCUT2D eigenvalue weighted by Gasteiger charge is -2.19. The molecular weight excluding hydrogens is 354 g/mol. The van der Waals surface area contributed by atoms with E-state index in [1.807, 2.05) is 60.7 Å². The van der Waals surface area contributed by atoms with Gasteiger partial charge < -0.3 is 16.4 Å². The molecule has 0 saturated carbocycles. The molecule has 0 aliphatic carbocycles. The molecule has 4 N–H and O–H groups in total. The molecule has 3 amide bonds. The van der Waals surface area contributed by atoms with Gasteiger partial charge in [0.25, 0.3) is 5.91 Å². The quantitative estimate of drug-likeness (QED) is 0.599. The van der Waals surface area contributed by atoms with Crippen molar-refractivity contribution in [3.63, 3.8) is 0 Å². The van der Waals surface area contributed by atoms with E-state index < -0.39 is 23.8 Å². The maximum atomic E-state index is 12.5. The summed E-state index contributed by atoms with van der Waals surface area (Å²) >= 11 is 0. The highest BCUT2D eigenvalue weighted by atomic mass is 16.2. The first-order chi connectivity index (χ1) is 13.6. The molecular formula is C22H19N3O3. The molecule has 0 saturated heterocycles. The molecule has 3 aromatic rings. The highest BCUT2D eigenvalue weighted by Crippen LogP contribution is 2.22. The van der Waals surface area contributed by atoms with E-state index in [0.717, 1.165) is 11.1 Å². The van der Waals surface area contributed by atoms with Crippen LogP contribution in [-0.2, 0) is 9.59 Å². The minimum atomic E-state index is -0.884. The van der Waals surface area contributed by atoms with Crippen LogP contribution in [0.5, 0.6) is 0 Å². The standard InChI is InChI=1S/C22H19N3O3/c23-20(26)17-13-7-8-14-18(17)24-21(27)22(28)25-19(15-9-3-1-4-10-15)16-11-5-2-6-12-16/h1-14,19H,(H2,23,26)(H,24,27)(H,25,28). The fourth-order valence-electron chi connectivity index (χ4n) is 2.83. The smallest absolute Gasteiger partial charge is 0.313 e. The zero-order chi connectivity index (χ0) is 19.9. The van der Waals surface area contributed by atoms with Crippen molar-refractivity contribution < 1.29 is 14.4 Å². The fourth-order valence-corrected chi connectivity index (χ4v) is 2.83. The molecule has 6 nitrogen and oxygen atoms in total. The summed E-state index contributed by atoms with van der Waals surface area (Å²) in [6, 6.07) is 24.4. The number of primary amides is 1. The predicted molar refractivity (Wildman–Crippen MR) is 106 cm³/mol. The third-order valence-electron chi connectivity index (χ3n) is 4.19. The summed E-state index contributed by atoms with van der Waals surface area (Å²) in [4.78, 5) is 36.4. The predicted octanol–water partition coefficient (Wildman–Crippen LogP) is 2.63. The van der Waals surface area contributed by atoms with Gasteiger partial charge in [0.05, 0.1) is 17.3 Å². The molecule has 0 aliphatic rings. The molecule has 0 bridgehead atoms. The average Bonchev–Trinajstić information content (AvgIpc) is 2.73. The van der Waals surface area contributed by atoms with Crippen LogP contribution in [0.4, 0.5) is 5.69 Å². The van der Waals surface area contributed by atoms with Gasteiger partial charge >= 0.3 is 11.8 Å². The van der Waals surface area contributed by atoms with E-state index >= 15 is 0 Å². The molecule has 28 heavy (non-hydrogen) atoms. The molecule has 3 rings (SSSR count). The summed E-state index contributed by atoms with van der Waals surface area (Å²) < 4.78 is 0. The van der Waals surface area contributed by atoms with Crippen molar-refractivity contribution in [3.05, 3.63) is 102 Å². The Morgan fingerprint density at radius 1 is 0.679 bits per heavy atom. The topological polar surface area (TPSA) is 101 Å². The molecule has 3 aromatic carbocycles. The lowest BCUT2D eigenvalue weighted by molar-refractivity contribution is -0.136. The third-order valence-corrected chi connectivity index (χ3v) is 4.19. The van der Waals surface area contributed by atoms with Crippen molar-refractivity contribution in [3.8, 4) is 0 Å². The number of carbonyl (C=O) groups excluding carboxylic acids is 3. The third kappa shape index (κ3) is 4.42. The summed E-state index contributed by atoms with van der Waals surface area (Å²) in [5.41, 5.74) is 7.31. The Morgan fingerprint density at radius 2 is 1.18 bits per heavy atom. The lowest BCUT2D eigenvalue weighted by atomic mass is 9.98. The van der Waals surface area contributed by atoms with E-state index in [1.165, 1.54) is 12.1 Å². The summed E-state index contributed by atoms with van der Waals surface area (Å²) in [6.07, 6.45) is 0. The first-order valence-corrected chi connectivity index (χ1v) is 8.67. The number of hydrogen-bond acceptors (Lipinski definition) is 3. The van der Waals surface area contributed by atoms with Gasteiger partial charge in [-0.05, 0) is 23.3 Å². The van der Waals surface area contributed by atoms with Crippen molar-refractivity contribution in [1.29, 1.82) is 0 Å². The second-order valence-corrected chi connectivity index (χ2v) is 6.09. The second-order valence-electron chi connectivity index (χ2n) is 6.09. The summed E-state index contributed by atoms with van der Waals surface area (Å²) in [5, 5.41) is 5.20. The van der Waals surface area contributed by atoms with Gasteiger partial charge in [0.2, 0.25) is 0 Å². The number of rotatable bonds is 5. The Bertz CT molecular complexity index is 949. The SMILES string of the molecule is NC(=O)c1ccccc1NC(=O)C(=O)NC(c1ccccc1)c1ccccc1. The highest BCUT2D eigenvalue weighted by molar-refractivity contribution is 6.40. The van der Waals surface area contributed by atoms with Gasteiger partial charge in [-0.3, -0.25) is 14.4 Å². The minimum Gasteiger partial charge on any atom is -0.366 e. The molecule has 0 radical (unpaired) electrons. The molecule has 140 valence electrons. The Balaban J connectivity index is 1.81. The van der Waals surface area contributed by atoms with Gasteiger partial charge in [0.1, 0.15) is 0 Å². The maximum absolute atomic E-state index is 12.5. The first-order valence-electron chi connectivity index (χ1n) is 8.67. The summed E-state index contributed by atoms with van der Waals surface area (Å²) in [5.74, 6) is -2.40. The van der Waals surface area contributed by atoms with Gasteiger partial charge in [-0.25, -0.2) is 0 Å². The van der Waals surface area contributed by atoms with Crippen LogP contribution in [0.25, 0.3) is 0 Å². The molecule has 0 atom stereocenters. The Morgan fingerprint density at radius 3 is 1.71 bits per heavy atom. The maximum Gasteiger partial charge on any atom is 0.313 e. The summed E-state index contributed by atoms with van der Waals surface area (Å²) in [7, 11) is 0. The summed E-state index contributed by atoms with van der Waals surface area (Å²) in [6.45, 7) is 0. The van der Waals surface area contributed by atoms with E-state index in [2.05, 4.69) is 10.6 Å². The highest BCUT2D eigenvalue weighted by Gasteiger charge is 2.22. The Labute approximate surface area is 162 Å². The number of carbonyl (C=O) groups is 3. The van der Waals surface area contributed by atoms with Crippen LogP contribution in [0.2, 0.25) is 0 Å². The molecule has 0 unspecified atom stereocenters. The molecule has 0 fully saturated rings. The van der Waals surface area contributed by atoms with E-state index in [1.54, 1.807) is 12.1 Å². The number of benzene rings is 3. The van der Waals surface area contributed by atoms with Crippen molar-refractivity contribution in [2.45, 2.75) is 6.04 Å². The fraction of sp³-hybridized carbons (Fsp3) is 0.0455. The monoisotopic (exact) mass is 373 g/mol. The Hall–Kier alpha value is -3.93. The zero-order valence-electron chi connectivity index (χ0n) is 15.0. The van der Waals surface area contributed by atoms with Crippen LogP contribution in [0.1, 0.15) is 27.5 Å². The number of nitrogens with two attached hydrogens (primary N) is 1. The average molecular weight is 373 g/mol. The van der Waals surface area contributed by atoms with E-state index in [9.17, 15) is 14.4 Å². The van der Waals surface area contributed by atoms with Crippen LogP contribution >= 0.6 is 0 Å². The van der Waals surface area contributed by atoms with Crippen LogP contribution in [-0.4, -0.2) is 17.7 Å². The van der Waals surface area contributed by atoms with Gasteiger partial charge in [-0.2, -0.15) is 0 Å². The normalized spacial score (nSPS) is 10.3. The number of nitrogens with one attached hydrogen (secondary N) is 2. The first kappa shape index (κ1) is 18.8.